The Morgan fingerprint density at radius 3 is 1.27 bits per heavy atom. The van der Waals surface area contributed by atoms with Gasteiger partial charge in [0.1, 0.15) is 18.2 Å². The molecule has 28 heteroatoms. The fourth-order valence-electron chi connectivity index (χ4n) is 7.76. The first-order chi connectivity index (χ1) is 46.3. The summed E-state index contributed by atoms with van der Waals surface area (Å²) in [4.78, 5) is 63.7. The number of benzene rings is 5. The van der Waals surface area contributed by atoms with Crippen molar-refractivity contribution in [1.29, 1.82) is 15.8 Å². The van der Waals surface area contributed by atoms with Crippen molar-refractivity contribution in [3.63, 3.8) is 0 Å². The van der Waals surface area contributed by atoms with Crippen molar-refractivity contribution in [3.8, 4) is 18.2 Å². The average Bonchev–Trinajstić information content (AvgIpc) is 0.850. The number of H-pyrrole nitrogens is 3. The molecule has 9 rings (SSSR count). The molecule has 0 spiro atoms. The maximum atomic E-state index is 11.5. The molecule has 0 aliphatic carbocycles. The van der Waals surface area contributed by atoms with Crippen molar-refractivity contribution < 1.29 is 47.6 Å². The van der Waals surface area contributed by atoms with Crippen LogP contribution in [0.2, 0.25) is 0 Å². The second kappa shape index (κ2) is 52.1. The zero-order valence-electron chi connectivity index (χ0n) is 56.6. The van der Waals surface area contributed by atoms with Crippen molar-refractivity contribution >= 4 is 154 Å². The Hall–Kier alpha value is -4.97. The van der Waals surface area contributed by atoms with Crippen LogP contribution in [0.5, 0.6) is 0 Å². The number of ether oxygens (including phenoxy) is 1. The third kappa shape index (κ3) is 37.7. The number of aromatic amines is 3. The summed E-state index contributed by atoms with van der Waals surface area (Å²) in [5.41, 5.74) is 13.5. The Labute approximate surface area is 656 Å². The minimum atomic E-state index is -1.67. The van der Waals surface area contributed by atoms with Crippen LogP contribution < -0.4 is 40.9 Å². The average molecular weight is 1730 g/mol. The topological polar surface area (TPSA) is 283 Å². The largest absolute Gasteiger partial charge is 1.00 e. The number of nitrogens with zero attached hydrogens (tertiary/aromatic N) is 3. The zero-order chi connectivity index (χ0) is 74.2. The molecule has 6 N–H and O–H groups in total. The van der Waals surface area contributed by atoms with Gasteiger partial charge in [-0.3, -0.25) is 19.2 Å². The molecule has 0 atom stereocenters. The maximum absolute atomic E-state index is 11.5. The number of aryl methyl sites for hydroxylation is 8. The summed E-state index contributed by atoms with van der Waals surface area (Å²) in [5, 5.41) is 49.5. The Morgan fingerprint density at radius 2 is 0.949 bits per heavy atom. The summed E-state index contributed by atoms with van der Waals surface area (Å²) in [7, 11) is 7.36. The van der Waals surface area contributed by atoms with Gasteiger partial charge in [-0.15, -0.1) is 47.8 Å². The van der Waals surface area contributed by atoms with Gasteiger partial charge in [-0.2, -0.15) is 22.2 Å². The number of hydrogen-bond donors (Lipinski definition) is 7. The molecule has 99 heavy (non-hydrogen) atoms. The molecule has 3 aromatic heterocycles. The first kappa shape index (κ1) is 94.0. The van der Waals surface area contributed by atoms with Crippen LogP contribution in [0.4, 0.5) is 0 Å². The number of pyridine rings is 3. The van der Waals surface area contributed by atoms with Gasteiger partial charge in [-0.05, 0) is 190 Å². The number of thiol groups is 1. The summed E-state index contributed by atoms with van der Waals surface area (Å²) >= 11 is 25.9. The third-order valence-electron chi connectivity index (χ3n) is 13.3. The minimum Gasteiger partial charge on any atom is -0.478 e. The van der Waals surface area contributed by atoms with Gasteiger partial charge in [0.15, 0.2) is 5.78 Å². The van der Waals surface area contributed by atoms with E-state index in [9.17, 15) is 34.5 Å². The number of carbonyl (C=O) groups excluding carboxylic acids is 1. The molecule has 1 aliphatic heterocycles. The number of Topliss-reactive ketones (excluding diaryl/α,β-unsaturated/α-hetero) is 1. The van der Waals surface area contributed by atoms with Crippen LogP contribution in [0.25, 0.3) is 0 Å². The number of alkyl halides is 1. The number of halogens is 7. The number of aromatic carboxylic acids is 1. The molecule has 1 saturated heterocycles. The molecule has 1 aliphatic rings. The normalized spacial score (nSPS) is 10.6. The van der Waals surface area contributed by atoms with Crippen molar-refractivity contribution in [1.82, 2.24) is 20.3 Å². The number of unbranched alkanes of at least 4 members (excludes halogenated alkanes) is 1. The van der Waals surface area contributed by atoms with E-state index < -0.39 is 15.2 Å². The molecule has 0 unspecified atom stereocenters. The van der Waals surface area contributed by atoms with Crippen molar-refractivity contribution in [3.05, 3.63) is 260 Å². The van der Waals surface area contributed by atoms with Gasteiger partial charge in [0.05, 0.1) is 57.2 Å². The molecular formula is C71H77Br4Cl3LiN7O9S4. The molecule has 0 bridgehead atoms. The number of carbonyl (C=O) groups is 2. The molecule has 0 amide bonds. The number of ketones is 1. The standard InChI is InChI=1S/C16H14N2O3S.C15H13BrN2OS.C9H9BrO.C8H8BrCl.C8H9BrO.C7H6N2OS.C4H9NO.C4H9.Cl2OS.Li/c1-9-3-4-11(16(20)21)6-12(9)8-22-15-13(7-17)10(2)5-14(19)18-15;1-9-3-4-12(16)6-11(9)8-20-15-13(7-17)10(2)5-14(19)18-15;1-6-3-4-8(10)5-9(6)7(2)11;2*1-6-2-3-8(9)4-7(6)5-10;1-4-2-6(10)9-7(11)5(4)3-8;1-3-6-4-2-5-1;1-3-4-2;1-4(2)3;/h3-6H,8H2,1-2H3,(H,18,19)(H,20,21);3-6H,8H2,1-2H3,(H,18,19);3-5H,1-2H3;2-4H,5H2,1H3;2-4,10H,5H2,1H3;2H,1H3,(H2,9,10,11);5H,1-4H2;1,3-4H2,2H3;;/q;;;;;;;-1;;+1. The number of aliphatic hydroxyl groups excluding tert-OH is 1. The van der Waals surface area contributed by atoms with Gasteiger partial charge in [0, 0.05) is 93.5 Å². The van der Waals surface area contributed by atoms with E-state index in [4.69, 9.17) is 36.0 Å². The number of nitriles is 3. The molecule has 5 aromatic carbocycles. The van der Waals surface area contributed by atoms with E-state index in [0.717, 1.165) is 84.0 Å². The minimum absolute atomic E-state index is 0. The fraction of sp³-hybridized carbons (Fsp3) is 0.282. The molecular weight excluding hydrogens is 1660 g/mol. The van der Waals surface area contributed by atoms with E-state index >= 15 is 0 Å². The first-order valence-electron chi connectivity index (χ1n) is 29.5. The van der Waals surface area contributed by atoms with E-state index in [1.165, 1.54) is 70.4 Å². The number of carboxylic acid groups (broad SMARTS) is 1. The van der Waals surface area contributed by atoms with Crippen LogP contribution in [0, 0.1) is 96.3 Å². The molecule has 0 saturated carbocycles. The van der Waals surface area contributed by atoms with Gasteiger partial charge in [0.25, 0.3) is 0 Å². The SMILES string of the molecule is C1COCCN1.CC(=O)c1cc(Br)ccc1C.Cc1cc(=O)[nH]c(S)c1C#N.Cc1ccc(Br)cc1CCl.Cc1ccc(Br)cc1CO.Cc1ccc(Br)cc1CSc1[nH]c(=O)cc(C)c1C#N.Cc1ccc(C(=O)O)cc1CSc1[nH]c(=O)cc(C)c1C#N.O=S(Cl)Cl.[CH2-]CCC.[Li+]. The monoisotopic (exact) mass is 1730 g/mol. The van der Waals surface area contributed by atoms with Gasteiger partial charge >= 0.3 is 24.8 Å². The van der Waals surface area contributed by atoms with Crippen molar-refractivity contribution in [2.24, 2.45) is 0 Å². The van der Waals surface area contributed by atoms with Crippen LogP contribution in [-0.4, -0.2) is 67.4 Å². The van der Waals surface area contributed by atoms with Crippen molar-refractivity contribution in [2.75, 3.05) is 26.3 Å². The van der Waals surface area contributed by atoms with E-state index in [1.807, 2.05) is 94.4 Å². The van der Waals surface area contributed by atoms with E-state index in [2.05, 4.69) is 163 Å². The smallest absolute Gasteiger partial charge is 0.478 e. The number of carboxylic acids is 1. The summed E-state index contributed by atoms with van der Waals surface area (Å²) < 4.78 is 18.2. The number of aliphatic hydroxyl groups is 1. The zero-order valence-corrected chi connectivity index (χ0v) is 68.5. The number of thioether (sulfide) groups is 2. The third-order valence-corrected chi connectivity index (χ3v) is 18.0. The molecule has 524 valence electrons. The second-order valence-electron chi connectivity index (χ2n) is 20.9. The van der Waals surface area contributed by atoms with Gasteiger partial charge in [-0.1, -0.05) is 107 Å². The predicted octanol–water partition coefficient (Wildman–Crippen LogP) is 15.6. The Kier molecular flexibility index (Phi) is 49.4. The number of hydrogen-bond acceptors (Lipinski definition) is 15. The van der Waals surface area contributed by atoms with Gasteiger partial charge in [-0.25, -0.2) is 9.00 Å². The quantitative estimate of drug-likeness (QED) is 0.0121. The van der Waals surface area contributed by atoms with Crippen LogP contribution in [0.3, 0.4) is 0 Å². The van der Waals surface area contributed by atoms with E-state index in [0.29, 0.717) is 65.8 Å². The summed E-state index contributed by atoms with van der Waals surface area (Å²) in [6, 6.07) is 39.1. The van der Waals surface area contributed by atoms with Crippen LogP contribution in [0.1, 0.15) is 131 Å². The van der Waals surface area contributed by atoms with Crippen LogP contribution in [0.15, 0.2) is 157 Å². The molecule has 16 nitrogen and oxygen atoms in total. The molecule has 8 aromatic rings. The Balaban J connectivity index is 0.00000114. The summed E-state index contributed by atoms with van der Waals surface area (Å²) in [5.74, 6) is 0.905. The Bertz CT molecular complexity index is 4180. The number of aromatic nitrogens is 3. The van der Waals surface area contributed by atoms with Crippen LogP contribution in [-0.2, 0) is 38.0 Å². The second-order valence-corrected chi connectivity index (χ2v) is 29.7. The predicted molar refractivity (Wildman–Crippen MR) is 419 cm³/mol. The van der Waals surface area contributed by atoms with Crippen molar-refractivity contribution in [2.45, 2.75) is 121 Å². The van der Waals surface area contributed by atoms with Crippen LogP contribution >= 0.6 is 133 Å². The van der Waals surface area contributed by atoms with Gasteiger partial charge < -0.3 is 42.1 Å². The molecule has 1 fully saturated rings. The number of rotatable bonds is 11. The Morgan fingerprint density at radius 1 is 0.596 bits per heavy atom. The maximum Gasteiger partial charge on any atom is 1.00 e. The number of nitrogens with one attached hydrogen (secondary N) is 4. The molecule has 0 radical (unpaired) electrons. The summed E-state index contributed by atoms with van der Waals surface area (Å²) in [6.45, 7) is 26.4. The summed E-state index contributed by atoms with van der Waals surface area (Å²) in [6.07, 6.45) is 2.28. The number of morpholine rings is 1. The van der Waals surface area contributed by atoms with E-state index in [1.54, 1.807) is 45.9 Å². The van der Waals surface area contributed by atoms with E-state index in [-0.39, 0.29) is 53.5 Å². The van der Waals surface area contributed by atoms with Gasteiger partial charge in [0.2, 0.25) is 25.9 Å². The first-order valence-corrected chi connectivity index (χ1v) is 38.4. The fourth-order valence-corrected chi connectivity index (χ4v) is 12.2. The molecule has 4 heterocycles.